The molecule has 3 aromatic heterocycles. The van der Waals surface area contributed by atoms with E-state index in [4.69, 9.17) is 9.97 Å². The molecule has 5 rings (SSSR count). The van der Waals surface area contributed by atoms with Crippen molar-refractivity contribution >= 4 is 33.3 Å². The Hall–Kier alpha value is -2.99. The summed E-state index contributed by atoms with van der Waals surface area (Å²) in [7, 11) is 0. The number of anilines is 2. The van der Waals surface area contributed by atoms with Gasteiger partial charge in [0.05, 0.1) is 17.6 Å². The van der Waals surface area contributed by atoms with Gasteiger partial charge in [-0.1, -0.05) is 36.4 Å². The molecule has 0 bridgehead atoms. The lowest BCUT2D eigenvalue weighted by molar-refractivity contribution is 0.875. The molecule has 4 aromatic rings. The second-order valence-corrected chi connectivity index (χ2v) is 7.95. The summed E-state index contributed by atoms with van der Waals surface area (Å²) in [6.45, 7) is 1.57. The molecule has 1 fully saturated rings. The van der Waals surface area contributed by atoms with Crippen LogP contribution in [0.1, 0.15) is 18.5 Å². The molecule has 28 heavy (non-hydrogen) atoms. The van der Waals surface area contributed by atoms with Crippen LogP contribution in [0.2, 0.25) is 0 Å². The third-order valence-electron chi connectivity index (χ3n) is 4.93. The molecule has 1 aliphatic rings. The van der Waals surface area contributed by atoms with Crippen LogP contribution in [0.5, 0.6) is 0 Å². The highest BCUT2D eigenvalue weighted by atomic mass is 32.1. The van der Waals surface area contributed by atoms with Gasteiger partial charge >= 0.3 is 0 Å². The van der Waals surface area contributed by atoms with E-state index in [9.17, 15) is 0 Å². The quantitative estimate of drug-likeness (QED) is 0.457. The van der Waals surface area contributed by atoms with Crippen LogP contribution in [0, 0.1) is 5.92 Å². The maximum Gasteiger partial charge on any atom is 0.226 e. The van der Waals surface area contributed by atoms with E-state index in [1.165, 1.54) is 18.4 Å². The predicted molar refractivity (Wildman–Crippen MR) is 116 cm³/mol. The largest absolute Gasteiger partial charge is 0.364 e. The Morgan fingerprint density at radius 2 is 1.82 bits per heavy atom. The van der Waals surface area contributed by atoms with Crippen molar-refractivity contribution < 1.29 is 0 Å². The van der Waals surface area contributed by atoms with Crippen LogP contribution >= 0.6 is 11.3 Å². The van der Waals surface area contributed by atoms with Crippen LogP contribution in [0.3, 0.4) is 0 Å². The molecule has 0 radical (unpaired) electrons. The van der Waals surface area contributed by atoms with Gasteiger partial charge in [0.2, 0.25) is 5.95 Å². The first-order chi connectivity index (χ1) is 13.9. The molecule has 0 spiro atoms. The second-order valence-electron chi connectivity index (χ2n) is 7.09. The fourth-order valence-electron chi connectivity index (χ4n) is 3.21. The first-order valence-electron chi connectivity index (χ1n) is 9.59. The van der Waals surface area contributed by atoms with Gasteiger partial charge in [-0.15, -0.1) is 11.3 Å². The Balaban J connectivity index is 1.53. The van der Waals surface area contributed by atoms with Crippen LogP contribution < -0.4 is 10.6 Å². The number of hydrogen-bond acceptors (Lipinski definition) is 6. The Bertz CT molecular complexity index is 1070. The molecule has 1 saturated carbocycles. The number of rotatable bonds is 7. The molecule has 0 amide bonds. The highest BCUT2D eigenvalue weighted by Gasteiger charge is 2.22. The van der Waals surface area contributed by atoms with Crippen molar-refractivity contribution in [1.29, 1.82) is 0 Å². The minimum absolute atomic E-state index is 0.624. The Morgan fingerprint density at radius 3 is 2.61 bits per heavy atom. The van der Waals surface area contributed by atoms with E-state index in [-0.39, 0.29) is 0 Å². The zero-order valence-electron chi connectivity index (χ0n) is 15.4. The van der Waals surface area contributed by atoms with E-state index in [2.05, 4.69) is 45.3 Å². The summed E-state index contributed by atoms with van der Waals surface area (Å²) in [5.74, 6) is 2.32. The number of nitrogens with zero attached hydrogens (tertiary/aromatic N) is 3. The van der Waals surface area contributed by atoms with Gasteiger partial charge in [0, 0.05) is 23.7 Å². The highest BCUT2D eigenvalue weighted by Crippen LogP contribution is 2.38. The predicted octanol–water partition coefficient (Wildman–Crippen LogP) is 5.19. The van der Waals surface area contributed by atoms with Gasteiger partial charge < -0.3 is 10.6 Å². The number of benzene rings is 1. The van der Waals surface area contributed by atoms with E-state index in [1.807, 2.05) is 30.5 Å². The first kappa shape index (κ1) is 17.1. The number of hydrogen-bond donors (Lipinski definition) is 2. The lowest BCUT2D eigenvalue weighted by Crippen LogP contribution is -2.10. The van der Waals surface area contributed by atoms with Crippen molar-refractivity contribution in [2.24, 2.45) is 5.92 Å². The third-order valence-corrected chi connectivity index (χ3v) is 5.80. The highest BCUT2D eigenvalue weighted by molar-refractivity contribution is 7.17. The van der Waals surface area contributed by atoms with E-state index in [0.29, 0.717) is 12.5 Å². The van der Waals surface area contributed by atoms with Crippen LogP contribution in [0.15, 0.2) is 60.1 Å². The van der Waals surface area contributed by atoms with Gasteiger partial charge in [-0.25, -0.2) is 4.98 Å². The monoisotopic (exact) mass is 387 g/mol. The number of thiophene rings is 1. The second kappa shape index (κ2) is 7.56. The summed E-state index contributed by atoms with van der Waals surface area (Å²) >= 11 is 1.66. The lowest BCUT2D eigenvalue weighted by atomic mass is 10.1. The molecule has 0 aliphatic heterocycles. The Morgan fingerprint density at radius 1 is 0.964 bits per heavy atom. The summed E-state index contributed by atoms with van der Waals surface area (Å²) in [5.41, 5.74) is 3.33. The van der Waals surface area contributed by atoms with Crippen molar-refractivity contribution in [3.63, 3.8) is 0 Å². The average molecular weight is 388 g/mol. The van der Waals surface area contributed by atoms with Gasteiger partial charge in [-0.05, 0) is 36.5 Å². The number of nitrogens with one attached hydrogen (secondary N) is 2. The Labute approximate surface area is 167 Å². The fraction of sp³-hybridized carbons (Fsp3) is 0.227. The molecule has 0 unspecified atom stereocenters. The molecule has 0 saturated heterocycles. The third kappa shape index (κ3) is 3.68. The van der Waals surface area contributed by atoms with Crippen LogP contribution in [-0.2, 0) is 6.54 Å². The minimum Gasteiger partial charge on any atom is -0.364 e. The normalized spacial score (nSPS) is 13.6. The summed E-state index contributed by atoms with van der Waals surface area (Å²) < 4.78 is 0. The first-order valence-corrected chi connectivity index (χ1v) is 10.5. The van der Waals surface area contributed by atoms with E-state index in [1.54, 1.807) is 11.3 Å². The molecule has 1 aliphatic carbocycles. The molecule has 0 atom stereocenters. The zero-order valence-corrected chi connectivity index (χ0v) is 16.2. The van der Waals surface area contributed by atoms with Gasteiger partial charge in [-0.3, -0.25) is 4.98 Å². The molecule has 140 valence electrons. The summed E-state index contributed by atoms with van der Waals surface area (Å²) in [6.07, 6.45) is 4.42. The van der Waals surface area contributed by atoms with Gasteiger partial charge in [0.25, 0.3) is 0 Å². The number of aromatic nitrogens is 3. The van der Waals surface area contributed by atoms with Crippen molar-refractivity contribution in [3.05, 3.63) is 65.8 Å². The van der Waals surface area contributed by atoms with E-state index < -0.39 is 0 Å². The minimum atomic E-state index is 0.624. The van der Waals surface area contributed by atoms with Crippen LogP contribution in [0.4, 0.5) is 11.8 Å². The van der Waals surface area contributed by atoms with Crippen LogP contribution in [0.25, 0.3) is 21.3 Å². The maximum absolute atomic E-state index is 4.82. The van der Waals surface area contributed by atoms with Crippen molar-refractivity contribution in [2.45, 2.75) is 19.4 Å². The molecule has 2 N–H and O–H groups in total. The topological polar surface area (TPSA) is 62.7 Å². The number of pyridine rings is 1. The fourth-order valence-corrected chi connectivity index (χ4v) is 4.16. The number of fused-ring (bicyclic) bond motifs is 1. The smallest absolute Gasteiger partial charge is 0.226 e. The summed E-state index contributed by atoms with van der Waals surface area (Å²) in [4.78, 5) is 15.0. The van der Waals surface area contributed by atoms with Gasteiger partial charge in [0.15, 0.2) is 0 Å². The van der Waals surface area contributed by atoms with Crippen molar-refractivity contribution in [3.8, 4) is 11.1 Å². The molecule has 6 heteroatoms. The van der Waals surface area contributed by atoms with Crippen molar-refractivity contribution in [1.82, 2.24) is 15.0 Å². The van der Waals surface area contributed by atoms with Crippen LogP contribution in [-0.4, -0.2) is 21.5 Å². The standard InChI is InChI=1S/C22H21N5S/c1-2-6-16(7-3-1)18-14-28-21-19(18)20(24-13-17-8-4-5-11-23-17)26-22(27-21)25-12-15-9-10-15/h1-8,11,14-15H,9-10,12-13H2,(H2,24,25,26,27). The summed E-state index contributed by atoms with van der Waals surface area (Å²) in [5, 5.41) is 10.2. The molecular formula is C22H21N5S. The zero-order chi connectivity index (χ0) is 18.8. The summed E-state index contributed by atoms with van der Waals surface area (Å²) in [6, 6.07) is 16.4. The van der Waals surface area contributed by atoms with Gasteiger partial charge in [0.1, 0.15) is 10.6 Å². The van der Waals surface area contributed by atoms with Gasteiger partial charge in [-0.2, -0.15) is 4.98 Å². The molecule has 3 heterocycles. The van der Waals surface area contributed by atoms with E-state index in [0.717, 1.165) is 39.8 Å². The molecule has 1 aromatic carbocycles. The average Bonchev–Trinajstić information content (AvgIpc) is 3.49. The Kier molecular flexibility index (Phi) is 4.62. The lowest BCUT2D eigenvalue weighted by Gasteiger charge is -2.11. The molecule has 5 nitrogen and oxygen atoms in total. The molecular weight excluding hydrogens is 366 g/mol. The van der Waals surface area contributed by atoms with E-state index >= 15 is 0 Å². The van der Waals surface area contributed by atoms with Crippen molar-refractivity contribution in [2.75, 3.05) is 17.2 Å². The SMILES string of the molecule is c1ccc(-c2csc3nc(NCC4CC4)nc(NCc4ccccn4)c23)cc1. The maximum atomic E-state index is 4.82.